The summed E-state index contributed by atoms with van der Waals surface area (Å²) in [6.45, 7) is 0. The van der Waals surface area contributed by atoms with Crippen LogP contribution < -0.4 is 0 Å². The van der Waals surface area contributed by atoms with E-state index in [1.807, 2.05) is 0 Å². The van der Waals surface area contributed by atoms with Gasteiger partial charge in [-0.2, -0.15) is 13.2 Å². The highest BCUT2D eigenvalue weighted by Crippen LogP contribution is 2.45. The zero-order valence-corrected chi connectivity index (χ0v) is 8.01. The van der Waals surface area contributed by atoms with Gasteiger partial charge >= 0.3 is 6.18 Å². The molecule has 0 aliphatic heterocycles. The molecule has 0 unspecified atom stereocenters. The van der Waals surface area contributed by atoms with E-state index in [0.717, 1.165) is 12.5 Å². The number of hydrogen-bond acceptors (Lipinski definition) is 1. The molecule has 0 heterocycles. The molecular formula is C11H11F3O. The molecule has 0 bridgehead atoms. The zero-order chi connectivity index (χ0) is 11.1. The van der Waals surface area contributed by atoms with Crippen LogP contribution in [-0.2, 0) is 11.8 Å². The van der Waals surface area contributed by atoms with Gasteiger partial charge in [-0.1, -0.05) is 18.2 Å². The van der Waals surface area contributed by atoms with E-state index in [0.29, 0.717) is 12.8 Å². The average Bonchev–Trinajstić information content (AvgIpc) is 2.13. The van der Waals surface area contributed by atoms with Crippen LogP contribution >= 0.6 is 0 Å². The first-order valence-corrected chi connectivity index (χ1v) is 4.83. The van der Waals surface area contributed by atoms with Crippen molar-refractivity contribution in [2.45, 2.75) is 31.0 Å². The molecule has 1 N–H and O–H groups in total. The quantitative estimate of drug-likeness (QED) is 0.764. The van der Waals surface area contributed by atoms with Crippen molar-refractivity contribution in [3.63, 3.8) is 0 Å². The Morgan fingerprint density at radius 3 is 2.20 bits per heavy atom. The SMILES string of the molecule is OC1(c2ccccc2C(F)(F)F)CCC1. The highest BCUT2D eigenvalue weighted by Gasteiger charge is 2.43. The molecule has 1 fully saturated rings. The lowest BCUT2D eigenvalue weighted by molar-refractivity contribution is -0.142. The number of benzene rings is 1. The van der Waals surface area contributed by atoms with Crippen LogP contribution in [0.3, 0.4) is 0 Å². The molecule has 0 amide bonds. The molecule has 82 valence electrons. The van der Waals surface area contributed by atoms with Gasteiger partial charge in [0.2, 0.25) is 0 Å². The Labute approximate surface area is 85.5 Å². The summed E-state index contributed by atoms with van der Waals surface area (Å²) in [7, 11) is 0. The first kappa shape index (κ1) is 10.5. The van der Waals surface area contributed by atoms with Crippen LogP contribution in [0.25, 0.3) is 0 Å². The average molecular weight is 216 g/mol. The second-order valence-electron chi connectivity index (χ2n) is 3.93. The normalized spacial score (nSPS) is 19.7. The van der Waals surface area contributed by atoms with E-state index in [1.165, 1.54) is 18.2 Å². The lowest BCUT2D eigenvalue weighted by atomic mass is 9.73. The van der Waals surface area contributed by atoms with E-state index in [-0.39, 0.29) is 5.56 Å². The van der Waals surface area contributed by atoms with Crippen LogP contribution in [0.2, 0.25) is 0 Å². The first-order valence-electron chi connectivity index (χ1n) is 4.83. The summed E-state index contributed by atoms with van der Waals surface area (Å²) in [6.07, 6.45) is -2.77. The van der Waals surface area contributed by atoms with Crippen LogP contribution in [0.5, 0.6) is 0 Å². The number of halogens is 3. The van der Waals surface area contributed by atoms with Crippen molar-refractivity contribution >= 4 is 0 Å². The second kappa shape index (κ2) is 3.23. The molecule has 15 heavy (non-hydrogen) atoms. The molecule has 0 aromatic heterocycles. The Hall–Kier alpha value is -1.03. The topological polar surface area (TPSA) is 20.2 Å². The molecule has 1 saturated carbocycles. The molecule has 1 aliphatic rings. The van der Waals surface area contributed by atoms with Crippen molar-refractivity contribution in [1.29, 1.82) is 0 Å². The van der Waals surface area contributed by atoms with Crippen LogP contribution in [0.4, 0.5) is 13.2 Å². The zero-order valence-electron chi connectivity index (χ0n) is 8.01. The Morgan fingerprint density at radius 2 is 1.73 bits per heavy atom. The molecular weight excluding hydrogens is 205 g/mol. The summed E-state index contributed by atoms with van der Waals surface area (Å²) in [5.74, 6) is 0. The van der Waals surface area contributed by atoms with E-state index in [2.05, 4.69) is 0 Å². The molecule has 0 saturated heterocycles. The molecule has 1 nitrogen and oxygen atoms in total. The fourth-order valence-corrected chi connectivity index (χ4v) is 1.92. The van der Waals surface area contributed by atoms with Crippen LogP contribution in [0.1, 0.15) is 30.4 Å². The Balaban J connectivity index is 2.47. The molecule has 1 aromatic carbocycles. The van der Waals surface area contributed by atoms with Gasteiger partial charge in [-0.3, -0.25) is 0 Å². The van der Waals surface area contributed by atoms with Crippen molar-refractivity contribution in [1.82, 2.24) is 0 Å². The van der Waals surface area contributed by atoms with Gasteiger partial charge in [-0.25, -0.2) is 0 Å². The number of hydrogen-bond donors (Lipinski definition) is 1. The summed E-state index contributed by atoms with van der Waals surface area (Å²) >= 11 is 0. The molecule has 1 aliphatic carbocycles. The summed E-state index contributed by atoms with van der Waals surface area (Å²) < 4.78 is 37.9. The maximum atomic E-state index is 12.6. The smallest absolute Gasteiger partial charge is 0.385 e. The number of aliphatic hydroxyl groups is 1. The Bertz CT molecular complexity index is 366. The summed E-state index contributed by atoms with van der Waals surface area (Å²) in [5, 5.41) is 9.93. The van der Waals surface area contributed by atoms with Gasteiger partial charge in [0, 0.05) is 0 Å². The first-order chi connectivity index (χ1) is 6.93. The monoisotopic (exact) mass is 216 g/mol. The van der Waals surface area contributed by atoms with Gasteiger partial charge in [0.05, 0.1) is 11.2 Å². The third-order valence-corrected chi connectivity index (χ3v) is 2.91. The van der Waals surface area contributed by atoms with Gasteiger partial charge in [-0.05, 0) is 30.9 Å². The van der Waals surface area contributed by atoms with Crippen molar-refractivity contribution in [2.75, 3.05) is 0 Å². The Kier molecular flexibility index (Phi) is 2.26. The maximum Gasteiger partial charge on any atom is 0.416 e. The van der Waals surface area contributed by atoms with Gasteiger partial charge in [0.25, 0.3) is 0 Å². The van der Waals surface area contributed by atoms with Crippen molar-refractivity contribution < 1.29 is 18.3 Å². The van der Waals surface area contributed by atoms with Crippen molar-refractivity contribution in [3.05, 3.63) is 35.4 Å². The molecule has 1 aromatic rings. The van der Waals surface area contributed by atoms with Crippen LogP contribution in [-0.4, -0.2) is 5.11 Å². The fraction of sp³-hybridized carbons (Fsp3) is 0.455. The minimum absolute atomic E-state index is 0.0174. The number of alkyl halides is 3. The molecule has 0 radical (unpaired) electrons. The lowest BCUT2D eigenvalue weighted by Crippen LogP contribution is -2.35. The van der Waals surface area contributed by atoms with Crippen LogP contribution in [0, 0.1) is 0 Å². The summed E-state index contributed by atoms with van der Waals surface area (Å²) in [4.78, 5) is 0. The Morgan fingerprint density at radius 1 is 1.13 bits per heavy atom. The van der Waals surface area contributed by atoms with E-state index in [1.54, 1.807) is 0 Å². The van der Waals surface area contributed by atoms with Crippen molar-refractivity contribution in [2.24, 2.45) is 0 Å². The maximum absolute atomic E-state index is 12.6. The molecule has 0 spiro atoms. The minimum atomic E-state index is -4.39. The van der Waals surface area contributed by atoms with Gasteiger partial charge in [0.15, 0.2) is 0 Å². The van der Waals surface area contributed by atoms with E-state index in [4.69, 9.17) is 0 Å². The van der Waals surface area contributed by atoms with E-state index < -0.39 is 17.3 Å². The standard InChI is InChI=1S/C11H11F3O/c12-11(13,14)9-5-2-1-4-8(9)10(15)6-3-7-10/h1-2,4-5,15H,3,6-7H2. The second-order valence-corrected chi connectivity index (χ2v) is 3.93. The third kappa shape index (κ3) is 1.74. The van der Waals surface area contributed by atoms with Gasteiger partial charge in [-0.15, -0.1) is 0 Å². The van der Waals surface area contributed by atoms with Gasteiger partial charge < -0.3 is 5.11 Å². The van der Waals surface area contributed by atoms with Gasteiger partial charge in [0.1, 0.15) is 0 Å². The van der Waals surface area contributed by atoms with Crippen molar-refractivity contribution in [3.8, 4) is 0 Å². The molecule has 0 atom stereocenters. The van der Waals surface area contributed by atoms with E-state index in [9.17, 15) is 18.3 Å². The minimum Gasteiger partial charge on any atom is -0.385 e. The highest BCUT2D eigenvalue weighted by atomic mass is 19.4. The van der Waals surface area contributed by atoms with E-state index >= 15 is 0 Å². The molecule has 2 rings (SSSR count). The summed E-state index contributed by atoms with van der Waals surface area (Å²) in [5.41, 5.74) is -1.96. The predicted molar refractivity (Wildman–Crippen MR) is 49.2 cm³/mol. The fourth-order valence-electron chi connectivity index (χ4n) is 1.92. The van der Waals surface area contributed by atoms with Crippen LogP contribution in [0.15, 0.2) is 24.3 Å². The largest absolute Gasteiger partial charge is 0.416 e. The number of rotatable bonds is 1. The molecule has 4 heteroatoms. The summed E-state index contributed by atoms with van der Waals surface area (Å²) in [6, 6.07) is 5.25. The lowest BCUT2D eigenvalue weighted by Gasteiger charge is -2.38. The third-order valence-electron chi connectivity index (χ3n) is 2.91. The predicted octanol–water partition coefficient (Wildman–Crippen LogP) is 3.08. The highest BCUT2D eigenvalue weighted by molar-refractivity contribution is 5.35.